The van der Waals surface area contributed by atoms with Crippen LogP contribution >= 0.6 is 11.3 Å². The predicted molar refractivity (Wildman–Crippen MR) is 139 cm³/mol. The Hall–Kier alpha value is -4.23. The number of aromatic nitrogens is 1. The molecule has 3 aromatic carbocycles. The summed E-state index contributed by atoms with van der Waals surface area (Å²) in [6.45, 7) is 0. The molecular formula is C29H22N2O4S. The first-order chi connectivity index (χ1) is 17.5. The predicted octanol–water partition coefficient (Wildman–Crippen LogP) is 3.81. The molecule has 36 heavy (non-hydrogen) atoms. The van der Waals surface area contributed by atoms with Crippen molar-refractivity contribution in [1.29, 1.82) is 0 Å². The molecule has 0 fully saturated rings. The van der Waals surface area contributed by atoms with E-state index in [1.165, 1.54) is 24.0 Å². The van der Waals surface area contributed by atoms with Gasteiger partial charge in [0.15, 0.2) is 4.80 Å². The molecule has 1 aliphatic heterocycles. The first-order valence-electron chi connectivity index (χ1n) is 11.6. The number of methoxy groups -OCH3 is 1. The normalized spacial score (nSPS) is 16.6. The van der Waals surface area contributed by atoms with Crippen molar-refractivity contribution in [3.63, 3.8) is 0 Å². The second-order valence-corrected chi connectivity index (χ2v) is 9.83. The Morgan fingerprint density at radius 3 is 2.56 bits per heavy atom. The highest BCUT2D eigenvalue weighted by atomic mass is 32.1. The van der Waals surface area contributed by atoms with E-state index in [1.54, 1.807) is 41.0 Å². The summed E-state index contributed by atoms with van der Waals surface area (Å²) >= 11 is 1.36. The standard InChI is InChI=1S/C29H22N2O4S/c1-35-28(34)20-10-8-19(9-11-20)26-23-15-12-18-4-2-3-5-22(18)25(23)30-29-31(26)27(33)24(36-29)16-17-6-13-21(32)14-7-17/h2-11,13-14,16,26,32H,12,15H2,1H3/b24-16+. The number of hydrogen-bond acceptors (Lipinski definition) is 6. The van der Waals surface area contributed by atoms with Gasteiger partial charge in [0.2, 0.25) is 0 Å². The van der Waals surface area contributed by atoms with E-state index in [9.17, 15) is 14.7 Å². The van der Waals surface area contributed by atoms with Crippen molar-refractivity contribution in [2.24, 2.45) is 4.99 Å². The van der Waals surface area contributed by atoms with Gasteiger partial charge in [-0.1, -0.05) is 59.9 Å². The number of aryl methyl sites for hydroxylation is 1. The summed E-state index contributed by atoms with van der Waals surface area (Å²) in [5, 5.41) is 9.61. The van der Waals surface area contributed by atoms with E-state index in [0.29, 0.717) is 14.9 Å². The molecule has 1 unspecified atom stereocenters. The Morgan fingerprint density at radius 1 is 1.06 bits per heavy atom. The van der Waals surface area contributed by atoms with Gasteiger partial charge in [0.1, 0.15) is 5.75 Å². The number of phenolic OH excluding ortho intramolecular Hbond substituents is 1. The fourth-order valence-corrected chi connectivity index (χ4v) is 5.96. The molecule has 6 nitrogen and oxygen atoms in total. The third-order valence-corrected chi connectivity index (χ3v) is 7.69. The number of thiazole rings is 1. The van der Waals surface area contributed by atoms with Crippen LogP contribution in [-0.2, 0) is 11.2 Å². The number of phenols is 1. The minimum Gasteiger partial charge on any atom is -0.508 e. The summed E-state index contributed by atoms with van der Waals surface area (Å²) in [6.07, 6.45) is 3.50. The zero-order valence-corrected chi connectivity index (χ0v) is 20.3. The zero-order valence-electron chi connectivity index (χ0n) is 19.5. The van der Waals surface area contributed by atoms with Crippen LogP contribution in [0.3, 0.4) is 0 Å². The maximum Gasteiger partial charge on any atom is 0.337 e. The van der Waals surface area contributed by atoms with Crippen LogP contribution in [0.2, 0.25) is 0 Å². The first kappa shape index (κ1) is 22.2. The van der Waals surface area contributed by atoms with Gasteiger partial charge in [0, 0.05) is 5.56 Å². The average Bonchev–Trinajstić information content (AvgIpc) is 3.22. The molecule has 0 saturated carbocycles. The topological polar surface area (TPSA) is 80.9 Å². The Balaban J connectivity index is 1.58. The molecule has 4 aromatic rings. The number of nitrogens with zero attached hydrogens (tertiary/aromatic N) is 2. The van der Waals surface area contributed by atoms with Gasteiger partial charge in [0.25, 0.3) is 5.56 Å². The molecule has 1 N–H and O–H groups in total. The number of fused-ring (bicyclic) bond motifs is 3. The summed E-state index contributed by atoms with van der Waals surface area (Å²) in [5.41, 5.74) is 6.48. The van der Waals surface area contributed by atoms with E-state index in [-0.39, 0.29) is 17.4 Å². The Morgan fingerprint density at radius 2 is 1.81 bits per heavy atom. The molecular weight excluding hydrogens is 472 g/mol. The number of benzene rings is 3. The van der Waals surface area contributed by atoms with E-state index in [4.69, 9.17) is 9.73 Å². The summed E-state index contributed by atoms with van der Waals surface area (Å²) in [7, 11) is 1.36. The Bertz CT molecular complexity index is 1710. The van der Waals surface area contributed by atoms with Crippen LogP contribution in [-0.4, -0.2) is 22.8 Å². The second kappa shape index (κ2) is 8.77. The Kier molecular flexibility index (Phi) is 5.42. The van der Waals surface area contributed by atoms with Crippen molar-refractivity contribution < 1.29 is 14.6 Å². The second-order valence-electron chi connectivity index (χ2n) is 8.82. The number of aromatic hydroxyl groups is 1. The van der Waals surface area contributed by atoms with Gasteiger partial charge in [0.05, 0.1) is 28.9 Å². The Labute approximate surface area is 210 Å². The van der Waals surface area contributed by atoms with E-state index in [0.717, 1.165) is 40.8 Å². The molecule has 1 aliphatic carbocycles. The summed E-state index contributed by atoms with van der Waals surface area (Å²) in [4.78, 5) is 31.4. The van der Waals surface area contributed by atoms with Crippen molar-refractivity contribution >= 4 is 29.1 Å². The van der Waals surface area contributed by atoms with Gasteiger partial charge in [-0.2, -0.15) is 0 Å². The fourth-order valence-electron chi connectivity index (χ4n) is 4.96. The van der Waals surface area contributed by atoms with E-state index in [2.05, 4.69) is 12.1 Å². The van der Waals surface area contributed by atoms with Crippen LogP contribution in [0, 0.1) is 0 Å². The number of carbonyl (C=O) groups excluding carboxylic acids is 1. The number of esters is 1. The first-order valence-corrected chi connectivity index (χ1v) is 12.5. The lowest BCUT2D eigenvalue weighted by Gasteiger charge is -2.30. The smallest absolute Gasteiger partial charge is 0.337 e. The van der Waals surface area contributed by atoms with Gasteiger partial charge in [-0.25, -0.2) is 9.79 Å². The van der Waals surface area contributed by atoms with Crippen LogP contribution < -0.4 is 14.9 Å². The highest BCUT2D eigenvalue weighted by molar-refractivity contribution is 7.07. The third-order valence-electron chi connectivity index (χ3n) is 6.71. The highest BCUT2D eigenvalue weighted by Crippen LogP contribution is 2.41. The monoisotopic (exact) mass is 494 g/mol. The lowest BCUT2D eigenvalue weighted by molar-refractivity contribution is 0.0600. The van der Waals surface area contributed by atoms with Crippen molar-refractivity contribution in [2.75, 3.05) is 7.11 Å². The van der Waals surface area contributed by atoms with Crippen LogP contribution in [0.5, 0.6) is 5.75 Å². The minimum atomic E-state index is -0.397. The average molecular weight is 495 g/mol. The molecule has 2 heterocycles. The SMILES string of the molecule is COC(=O)c1ccc(C2C3=C(N=c4s/c(=C/c5ccc(O)cc5)c(=O)n42)c2ccccc2CC3)cc1. The molecule has 0 bridgehead atoms. The number of carbonyl (C=O) groups is 1. The zero-order chi connectivity index (χ0) is 24.8. The minimum absolute atomic E-state index is 0.112. The summed E-state index contributed by atoms with van der Waals surface area (Å²) in [5.74, 6) is -0.221. The molecule has 7 heteroatoms. The fraction of sp³-hybridized carbons (Fsp3) is 0.138. The number of hydrogen-bond donors (Lipinski definition) is 1. The lowest BCUT2D eigenvalue weighted by atomic mass is 9.83. The van der Waals surface area contributed by atoms with Crippen LogP contribution in [0.15, 0.2) is 88.2 Å². The molecule has 178 valence electrons. The van der Waals surface area contributed by atoms with Gasteiger partial charge in [-0.15, -0.1) is 0 Å². The van der Waals surface area contributed by atoms with Crippen LogP contribution in [0.4, 0.5) is 0 Å². The third kappa shape index (κ3) is 3.69. The van der Waals surface area contributed by atoms with Crippen LogP contribution in [0.25, 0.3) is 11.8 Å². The molecule has 6 rings (SSSR count). The van der Waals surface area contributed by atoms with Gasteiger partial charge in [-0.05, 0) is 65.4 Å². The maximum atomic E-state index is 13.7. The summed E-state index contributed by atoms with van der Waals surface area (Å²) < 4.78 is 7.20. The van der Waals surface area contributed by atoms with Crippen molar-refractivity contribution in [2.45, 2.75) is 18.9 Å². The number of rotatable bonds is 3. The molecule has 0 spiro atoms. The van der Waals surface area contributed by atoms with E-state index < -0.39 is 5.97 Å². The van der Waals surface area contributed by atoms with Crippen molar-refractivity contribution in [3.05, 3.63) is 126 Å². The van der Waals surface area contributed by atoms with Crippen LogP contribution in [0.1, 0.15) is 45.1 Å². The van der Waals surface area contributed by atoms with E-state index >= 15 is 0 Å². The number of ether oxygens (including phenoxy) is 1. The molecule has 1 aromatic heterocycles. The molecule has 2 aliphatic rings. The largest absolute Gasteiger partial charge is 0.508 e. The highest BCUT2D eigenvalue weighted by Gasteiger charge is 2.32. The molecule has 1 atom stereocenters. The number of allylic oxidation sites excluding steroid dienone is 1. The van der Waals surface area contributed by atoms with Gasteiger partial charge >= 0.3 is 5.97 Å². The van der Waals surface area contributed by atoms with Gasteiger partial charge < -0.3 is 9.84 Å². The molecule has 0 amide bonds. The molecule has 0 radical (unpaired) electrons. The lowest BCUT2D eigenvalue weighted by Crippen LogP contribution is -2.38. The van der Waals surface area contributed by atoms with Crippen molar-refractivity contribution in [3.8, 4) is 5.75 Å². The summed E-state index contributed by atoms with van der Waals surface area (Å²) in [6, 6.07) is 22.0. The van der Waals surface area contributed by atoms with E-state index in [1.807, 2.05) is 30.3 Å². The quantitative estimate of drug-likeness (QED) is 0.439. The maximum absolute atomic E-state index is 13.7. The van der Waals surface area contributed by atoms with Crippen molar-refractivity contribution in [1.82, 2.24) is 4.57 Å². The van der Waals surface area contributed by atoms with Gasteiger partial charge in [-0.3, -0.25) is 9.36 Å². The molecule has 0 saturated heterocycles.